The number of hydrogen-bond donors (Lipinski definition) is 1. The molecule has 0 saturated heterocycles. The Morgan fingerprint density at radius 3 is 2.69 bits per heavy atom. The highest BCUT2D eigenvalue weighted by molar-refractivity contribution is 7.09. The Balaban J connectivity index is 0.000000720. The maximum Gasteiger partial charge on any atom is 0.0798 e. The van der Waals surface area contributed by atoms with Gasteiger partial charge in [0.1, 0.15) is 0 Å². The second-order valence-electron chi connectivity index (χ2n) is 3.02. The zero-order chi connectivity index (χ0) is 7.68. The highest BCUT2D eigenvalue weighted by Gasteiger charge is 2.20. The first kappa shape index (κ1) is 13.2. The highest BCUT2D eigenvalue weighted by atomic mass is 35.5. The summed E-state index contributed by atoms with van der Waals surface area (Å²) < 4.78 is 0. The Hall–Kier alpha value is 0.170. The number of aromatic nitrogens is 1. The van der Waals surface area contributed by atoms with Gasteiger partial charge in [0, 0.05) is 17.5 Å². The van der Waals surface area contributed by atoms with Gasteiger partial charge in [-0.3, -0.25) is 0 Å². The summed E-state index contributed by atoms with van der Waals surface area (Å²) in [6, 6.07) is 0.802. The number of nitrogens with zero attached hydrogens (tertiary/aromatic N) is 1. The van der Waals surface area contributed by atoms with E-state index in [1.807, 2.05) is 5.51 Å². The van der Waals surface area contributed by atoms with E-state index in [9.17, 15) is 0 Å². The Kier molecular flexibility index (Phi) is 5.88. The molecule has 2 nitrogen and oxygen atoms in total. The van der Waals surface area contributed by atoms with Crippen molar-refractivity contribution in [3.8, 4) is 0 Å². The predicted molar refractivity (Wildman–Crippen MR) is 61.2 cm³/mol. The van der Waals surface area contributed by atoms with Crippen molar-refractivity contribution in [2.45, 2.75) is 32.4 Å². The number of rotatable bonds is 3. The SMILES string of the molecule is Cc1ncsc1CNC1CC1.Cl.Cl. The third-order valence-corrected chi connectivity index (χ3v) is 2.91. The molecule has 0 aliphatic heterocycles. The molecule has 0 radical (unpaired) electrons. The van der Waals surface area contributed by atoms with E-state index < -0.39 is 0 Å². The first-order valence-electron chi connectivity index (χ1n) is 3.98. The molecule has 1 N–H and O–H groups in total. The molecule has 0 amide bonds. The molecule has 1 fully saturated rings. The molecule has 0 spiro atoms. The number of halogens is 2. The fourth-order valence-electron chi connectivity index (χ4n) is 1.02. The van der Waals surface area contributed by atoms with Gasteiger partial charge in [0.05, 0.1) is 11.2 Å². The van der Waals surface area contributed by atoms with E-state index >= 15 is 0 Å². The molecule has 1 heterocycles. The molecule has 5 heteroatoms. The van der Waals surface area contributed by atoms with Gasteiger partial charge in [-0.1, -0.05) is 0 Å². The molecule has 1 saturated carbocycles. The van der Waals surface area contributed by atoms with E-state index in [0.29, 0.717) is 0 Å². The van der Waals surface area contributed by atoms with E-state index in [-0.39, 0.29) is 24.8 Å². The molecule has 76 valence electrons. The van der Waals surface area contributed by atoms with Crippen LogP contribution in [0.4, 0.5) is 0 Å². The lowest BCUT2D eigenvalue weighted by Gasteiger charge is -1.98. The third kappa shape index (κ3) is 3.81. The zero-order valence-corrected chi connectivity index (χ0v) is 9.90. The van der Waals surface area contributed by atoms with Crippen LogP contribution in [0.15, 0.2) is 5.51 Å². The van der Waals surface area contributed by atoms with Crippen LogP contribution < -0.4 is 5.32 Å². The third-order valence-electron chi connectivity index (χ3n) is 1.97. The van der Waals surface area contributed by atoms with Crippen LogP contribution in [-0.2, 0) is 6.54 Å². The maximum atomic E-state index is 4.19. The van der Waals surface area contributed by atoms with E-state index in [4.69, 9.17) is 0 Å². The summed E-state index contributed by atoms with van der Waals surface area (Å²) in [6.07, 6.45) is 2.72. The van der Waals surface area contributed by atoms with E-state index in [1.165, 1.54) is 23.4 Å². The molecule has 0 bridgehead atoms. The van der Waals surface area contributed by atoms with Crippen LogP contribution in [0.25, 0.3) is 0 Å². The summed E-state index contributed by atoms with van der Waals surface area (Å²) in [6.45, 7) is 3.08. The zero-order valence-electron chi connectivity index (χ0n) is 7.45. The maximum absolute atomic E-state index is 4.19. The van der Waals surface area contributed by atoms with Crippen molar-refractivity contribution in [3.63, 3.8) is 0 Å². The molecular weight excluding hydrogens is 227 g/mol. The average molecular weight is 241 g/mol. The molecule has 1 aliphatic rings. The lowest BCUT2D eigenvalue weighted by atomic mass is 10.4. The van der Waals surface area contributed by atoms with Crippen LogP contribution in [0.3, 0.4) is 0 Å². The Bertz CT molecular complexity index is 248. The largest absolute Gasteiger partial charge is 0.309 e. The smallest absolute Gasteiger partial charge is 0.0798 e. The van der Waals surface area contributed by atoms with Gasteiger partial charge in [-0.15, -0.1) is 36.2 Å². The van der Waals surface area contributed by atoms with Crippen LogP contribution >= 0.6 is 36.2 Å². The molecule has 1 aromatic rings. The van der Waals surface area contributed by atoms with Gasteiger partial charge < -0.3 is 5.32 Å². The summed E-state index contributed by atoms with van der Waals surface area (Å²) in [5.41, 5.74) is 3.10. The number of hydrogen-bond acceptors (Lipinski definition) is 3. The van der Waals surface area contributed by atoms with E-state index in [0.717, 1.165) is 12.6 Å². The van der Waals surface area contributed by atoms with Gasteiger partial charge in [-0.2, -0.15) is 0 Å². The summed E-state index contributed by atoms with van der Waals surface area (Å²) in [5, 5.41) is 3.47. The van der Waals surface area contributed by atoms with Gasteiger partial charge >= 0.3 is 0 Å². The first-order valence-corrected chi connectivity index (χ1v) is 4.86. The van der Waals surface area contributed by atoms with Crippen molar-refractivity contribution >= 4 is 36.2 Å². The van der Waals surface area contributed by atoms with Crippen molar-refractivity contribution in [1.29, 1.82) is 0 Å². The minimum Gasteiger partial charge on any atom is -0.309 e. The summed E-state index contributed by atoms with van der Waals surface area (Å²) in [4.78, 5) is 5.58. The van der Waals surface area contributed by atoms with Crippen LogP contribution in [0.5, 0.6) is 0 Å². The Labute approximate surface area is 95.0 Å². The molecule has 1 aromatic heterocycles. The highest BCUT2D eigenvalue weighted by Crippen LogP contribution is 2.20. The lowest BCUT2D eigenvalue weighted by molar-refractivity contribution is 0.691. The fraction of sp³-hybridized carbons (Fsp3) is 0.625. The lowest BCUT2D eigenvalue weighted by Crippen LogP contribution is -2.14. The van der Waals surface area contributed by atoms with E-state index in [2.05, 4.69) is 17.2 Å². The topological polar surface area (TPSA) is 24.9 Å². The van der Waals surface area contributed by atoms with Gasteiger partial charge in [0.15, 0.2) is 0 Å². The van der Waals surface area contributed by atoms with Crippen molar-refractivity contribution in [2.24, 2.45) is 0 Å². The van der Waals surface area contributed by atoms with Crippen LogP contribution in [0.1, 0.15) is 23.4 Å². The molecule has 2 rings (SSSR count). The number of aryl methyl sites for hydroxylation is 1. The number of thiazole rings is 1. The average Bonchev–Trinajstić information content (AvgIpc) is 2.73. The van der Waals surface area contributed by atoms with Crippen molar-refractivity contribution < 1.29 is 0 Å². The minimum atomic E-state index is 0. The van der Waals surface area contributed by atoms with Crippen molar-refractivity contribution in [1.82, 2.24) is 10.3 Å². The normalized spacial score (nSPS) is 14.5. The summed E-state index contributed by atoms with van der Waals surface area (Å²) in [7, 11) is 0. The Morgan fingerprint density at radius 1 is 1.54 bits per heavy atom. The monoisotopic (exact) mass is 240 g/mol. The standard InChI is InChI=1S/C8H12N2S.2ClH/c1-6-8(11-5-10-6)4-9-7-2-3-7;;/h5,7,9H,2-4H2,1H3;2*1H. The van der Waals surface area contributed by atoms with Gasteiger partial charge in [-0.05, 0) is 19.8 Å². The van der Waals surface area contributed by atoms with Crippen LogP contribution in [-0.4, -0.2) is 11.0 Å². The van der Waals surface area contributed by atoms with Crippen LogP contribution in [0, 0.1) is 6.92 Å². The molecule has 0 atom stereocenters. The molecule has 0 unspecified atom stereocenters. The van der Waals surface area contributed by atoms with Crippen molar-refractivity contribution in [3.05, 3.63) is 16.1 Å². The van der Waals surface area contributed by atoms with E-state index in [1.54, 1.807) is 11.3 Å². The molecule has 13 heavy (non-hydrogen) atoms. The molecular formula is C8H14Cl2N2S. The quantitative estimate of drug-likeness (QED) is 0.879. The predicted octanol–water partition coefficient (Wildman–Crippen LogP) is 2.55. The summed E-state index contributed by atoms with van der Waals surface area (Å²) >= 11 is 1.75. The van der Waals surface area contributed by atoms with Crippen LogP contribution in [0.2, 0.25) is 0 Å². The van der Waals surface area contributed by atoms with Gasteiger partial charge in [-0.25, -0.2) is 4.98 Å². The minimum absolute atomic E-state index is 0. The first-order chi connectivity index (χ1) is 5.36. The second-order valence-corrected chi connectivity index (χ2v) is 3.96. The Morgan fingerprint density at radius 2 is 2.23 bits per heavy atom. The fourth-order valence-corrected chi connectivity index (χ4v) is 1.75. The van der Waals surface area contributed by atoms with Gasteiger partial charge in [0.25, 0.3) is 0 Å². The molecule has 0 aromatic carbocycles. The van der Waals surface area contributed by atoms with Crippen molar-refractivity contribution in [2.75, 3.05) is 0 Å². The molecule has 1 aliphatic carbocycles. The number of nitrogens with one attached hydrogen (secondary N) is 1. The second kappa shape index (κ2) is 5.81. The van der Waals surface area contributed by atoms with Gasteiger partial charge in [0.2, 0.25) is 0 Å². The summed E-state index contributed by atoms with van der Waals surface area (Å²) in [5.74, 6) is 0.